The number of likely N-dealkylation sites (N-methyl/N-ethyl adjacent to an activating group) is 1. The van der Waals surface area contributed by atoms with Crippen molar-refractivity contribution in [3.05, 3.63) is 11.8 Å². The first-order chi connectivity index (χ1) is 10.2. The van der Waals surface area contributed by atoms with Crippen molar-refractivity contribution in [1.29, 1.82) is 5.41 Å². The summed E-state index contributed by atoms with van der Waals surface area (Å²) in [5.74, 6) is -0.318. The van der Waals surface area contributed by atoms with Crippen LogP contribution in [0, 0.1) is 5.41 Å². The van der Waals surface area contributed by atoms with Crippen molar-refractivity contribution in [3.8, 4) is 0 Å². The normalized spacial score (nSPS) is 21.7. The second kappa shape index (κ2) is 5.84. The van der Waals surface area contributed by atoms with E-state index < -0.39 is 28.0 Å². The average molecular weight is 327 g/mol. The third-order valence-corrected chi connectivity index (χ3v) is 2.94. The van der Waals surface area contributed by atoms with E-state index in [1.165, 1.54) is 7.05 Å². The van der Waals surface area contributed by atoms with Crippen LogP contribution in [0.4, 0.5) is 9.59 Å². The van der Waals surface area contributed by atoms with Gasteiger partial charge in [-0.3, -0.25) is 5.41 Å². The van der Waals surface area contributed by atoms with Crippen LogP contribution in [0.2, 0.25) is 0 Å². The van der Waals surface area contributed by atoms with E-state index in [0.717, 1.165) is 5.01 Å². The lowest BCUT2D eigenvalue weighted by molar-refractivity contribution is -0.924. The number of hydrogen-bond donors (Lipinski definition) is 2. The standard InChI is InChI=1S/C15H27N4O4/c1-14(2,3)22-12(20)18-10(11(16)17)8-9-19(18,7)13(21)23-15(4,5)6/h8H,9H2,1-7H3,(H3,16,17)/q+1. The summed E-state index contributed by atoms with van der Waals surface area (Å²) in [6.07, 6.45) is 0.163. The number of ether oxygens (including phenoxy) is 2. The van der Waals surface area contributed by atoms with Gasteiger partial charge >= 0.3 is 12.2 Å². The van der Waals surface area contributed by atoms with Gasteiger partial charge in [0, 0.05) is 6.08 Å². The van der Waals surface area contributed by atoms with E-state index in [1.54, 1.807) is 47.6 Å². The van der Waals surface area contributed by atoms with E-state index in [2.05, 4.69) is 0 Å². The molecule has 0 aromatic heterocycles. The quantitative estimate of drug-likeness (QED) is 0.437. The van der Waals surface area contributed by atoms with Gasteiger partial charge in [0.2, 0.25) is 0 Å². The maximum Gasteiger partial charge on any atom is 0.542 e. The fourth-order valence-electron chi connectivity index (χ4n) is 1.99. The van der Waals surface area contributed by atoms with E-state index in [0.29, 0.717) is 0 Å². The van der Waals surface area contributed by atoms with Crippen molar-refractivity contribution in [2.24, 2.45) is 5.73 Å². The van der Waals surface area contributed by atoms with E-state index in [4.69, 9.17) is 20.6 Å². The van der Waals surface area contributed by atoms with Gasteiger partial charge in [-0.15, -0.1) is 9.60 Å². The highest BCUT2D eigenvalue weighted by atomic mass is 16.6. The molecule has 0 saturated carbocycles. The summed E-state index contributed by atoms with van der Waals surface area (Å²) >= 11 is 0. The van der Waals surface area contributed by atoms with Crippen LogP contribution in [0.5, 0.6) is 0 Å². The molecular weight excluding hydrogens is 300 g/mol. The maximum absolute atomic E-state index is 12.6. The summed E-state index contributed by atoms with van der Waals surface area (Å²) in [6, 6.07) is 0. The number of carbonyl (C=O) groups excluding carboxylic acids is 2. The van der Waals surface area contributed by atoms with Gasteiger partial charge in [0.15, 0.2) is 0 Å². The van der Waals surface area contributed by atoms with Crippen LogP contribution >= 0.6 is 0 Å². The van der Waals surface area contributed by atoms with Crippen LogP contribution < -0.4 is 5.73 Å². The van der Waals surface area contributed by atoms with Gasteiger partial charge in [-0.1, -0.05) is 0 Å². The third-order valence-electron chi connectivity index (χ3n) is 2.94. The largest absolute Gasteiger partial charge is 0.542 e. The summed E-state index contributed by atoms with van der Waals surface area (Å²) < 4.78 is 10.2. The van der Waals surface area contributed by atoms with Gasteiger partial charge in [0.1, 0.15) is 36.3 Å². The fourth-order valence-corrected chi connectivity index (χ4v) is 1.99. The van der Waals surface area contributed by atoms with E-state index in [1.807, 2.05) is 0 Å². The van der Waals surface area contributed by atoms with Crippen molar-refractivity contribution in [2.75, 3.05) is 13.6 Å². The van der Waals surface area contributed by atoms with Crippen molar-refractivity contribution < 1.29 is 23.7 Å². The number of nitrogens with two attached hydrogens (primary N) is 1. The number of amides is 2. The smallest absolute Gasteiger partial charge is 0.440 e. The number of hydrogen-bond acceptors (Lipinski definition) is 5. The highest BCUT2D eigenvalue weighted by Crippen LogP contribution is 2.29. The van der Waals surface area contributed by atoms with E-state index >= 15 is 0 Å². The third kappa shape index (κ3) is 4.44. The molecule has 2 amide bonds. The molecular formula is C15H27N4O4+. The van der Waals surface area contributed by atoms with Crippen LogP contribution in [0.25, 0.3) is 0 Å². The SMILES string of the molecule is CC(C)(C)OC(=O)N1C(C(=N)N)=CC[N+]1(C)C(=O)OC(C)(C)C. The topological polar surface area (TPSA) is 106 Å². The summed E-state index contributed by atoms with van der Waals surface area (Å²) in [6.45, 7) is 10.5. The Morgan fingerprint density at radius 1 is 1.17 bits per heavy atom. The lowest BCUT2D eigenvalue weighted by Crippen LogP contribution is -2.62. The maximum atomic E-state index is 12.6. The first kappa shape index (κ1) is 19.0. The highest BCUT2D eigenvalue weighted by molar-refractivity contribution is 5.97. The second-order valence-electron chi connectivity index (χ2n) is 7.60. The molecule has 8 nitrogen and oxygen atoms in total. The first-order valence-corrected chi connectivity index (χ1v) is 7.34. The molecule has 3 N–H and O–H groups in total. The predicted octanol–water partition coefficient (Wildman–Crippen LogP) is 2.35. The molecule has 0 bridgehead atoms. The van der Waals surface area contributed by atoms with Gasteiger partial charge in [-0.25, -0.2) is 4.79 Å². The summed E-state index contributed by atoms with van der Waals surface area (Å²) in [5.41, 5.74) is 4.21. The molecule has 1 heterocycles. The van der Waals surface area contributed by atoms with Gasteiger partial charge < -0.3 is 15.2 Å². The van der Waals surface area contributed by atoms with Crippen molar-refractivity contribution in [3.63, 3.8) is 0 Å². The molecule has 1 atom stereocenters. The van der Waals surface area contributed by atoms with Gasteiger partial charge in [0.25, 0.3) is 0 Å². The number of quaternary nitrogens is 1. The molecule has 0 aromatic carbocycles. The van der Waals surface area contributed by atoms with Crippen LogP contribution in [0.3, 0.4) is 0 Å². The molecule has 0 fully saturated rings. The number of nitrogens with one attached hydrogen (secondary N) is 1. The lowest BCUT2D eigenvalue weighted by atomic mass is 10.2. The van der Waals surface area contributed by atoms with Gasteiger partial charge in [-0.2, -0.15) is 4.79 Å². The van der Waals surface area contributed by atoms with Crippen LogP contribution in [0.15, 0.2) is 11.8 Å². The second-order valence-corrected chi connectivity index (χ2v) is 7.60. The monoisotopic (exact) mass is 327 g/mol. The molecule has 1 aliphatic rings. The van der Waals surface area contributed by atoms with Crippen LogP contribution in [-0.2, 0) is 9.47 Å². The van der Waals surface area contributed by atoms with Crippen molar-refractivity contribution in [1.82, 2.24) is 5.01 Å². The molecule has 1 aliphatic heterocycles. The van der Waals surface area contributed by atoms with Gasteiger partial charge in [0.05, 0.1) is 0 Å². The summed E-state index contributed by atoms with van der Waals surface area (Å²) in [5, 5.41) is 8.70. The molecule has 0 radical (unpaired) electrons. The molecule has 0 spiro atoms. The molecule has 0 aromatic rings. The minimum atomic E-state index is -0.759. The summed E-state index contributed by atoms with van der Waals surface area (Å²) in [7, 11) is 1.52. The predicted molar refractivity (Wildman–Crippen MR) is 85.4 cm³/mol. The van der Waals surface area contributed by atoms with Crippen LogP contribution in [0.1, 0.15) is 41.5 Å². The summed E-state index contributed by atoms with van der Waals surface area (Å²) in [4.78, 5) is 25.1. The number of amidine groups is 1. The number of rotatable bonds is 1. The fraction of sp³-hybridized carbons (Fsp3) is 0.667. The van der Waals surface area contributed by atoms with E-state index in [9.17, 15) is 9.59 Å². The Balaban J connectivity index is 3.19. The number of carbonyl (C=O) groups is 2. The minimum Gasteiger partial charge on any atom is -0.440 e. The Morgan fingerprint density at radius 3 is 2.04 bits per heavy atom. The Labute approximate surface area is 136 Å². The highest BCUT2D eigenvalue weighted by Gasteiger charge is 2.53. The molecule has 0 aliphatic carbocycles. The Morgan fingerprint density at radius 2 is 1.65 bits per heavy atom. The van der Waals surface area contributed by atoms with Gasteiger partial charge in [-0.05, 0) is 41.5 Å². The molecule has 1 rings (SSSR count). The molecule has 1 unspecified atom stereocenters. The van der Waals surface area contributed by atoms with Crippen molar-refractivity contribution >= 4 is 18.0 Å². The van der Waals surface area contributed by atoms with E-state index in [-0.39, 0.29) is 18.1 Å². The lowest BCUT2D eigenvalue weighted by Gasteiger charge is -2.36. The van der Waals surface area contributed by atoms with Crippen LogP contribution in [-0.4, -0.2) is 52.4 Å². The Hall–Kier alpha value is -2.09. The molecule has 8 heteroatoms. The molecule has 130 valence electrons. The molecule has 0 saturated heterocycles. The minimum absolute atomic E-state index is 0.132. The average Bonchev–Trinajstić information content (AvgIpc) is 2.64. The number of nitrogens with zero attached hydrogens (tertiary/aromatic N) is 2. The molecule has 23 heavy (non-hydrogen) atoms. The Bertz CT molecular complexity index is 557. The Kier molecular flexibility index (Phi) is 4.82. The zero-order valence-corrected chi connectivity index (χ0v) is 14.9. The first-order valence-electron chi connectivity index (χ1n) is 7.34. The zero-order chi connectivity index (χ0) is 18.2. The zero-order valence-electron chi connectivity index (χ0n) is 14.9. The van der Waals surface area contributed by atoms with Crippen molar-refractivity contribution in [2.45, 2.75) is 52.7 Å².